The Morgan fingerprint density at radius 3 is 2.47 bits per heavy atom. The molecule has 0 atom stereocenters. The Balaban J connectivity index is 2.65. The third-order valence-electron chi connectivity index (χ3n) is 2.37. The van der Waals surface area contributed by atoms with Crippen LogP contribution in [0.1, 0.15) is 0 Å². The maximum absolute atomic E-state index is 11.9. The van der Waals surface area contributed by atoms with Crippen molar-refractivity contribution in [1.29, 1.82) is 0 Å². The highest BCUT2D eigenvalue weighted by atomic mass is 35.5. The molecule has 19 heavy (non-hydrogen) atoms. The second kappa shape index (κ2) is 8.00. The summed E-state index contributed by atoms with van der Waals surface area (Å²) in [7, 11) is 0. The zero-order valence-corrected chi connectivity index (χ0v) is 12.0. The maximum Gasteiger partial charge on any atom is 0.238 e. The first-order valence-corrected chi connectivity index (χ1v) is 6.52. The average molecular weight is 299 g/mol. The van der Waals surface area contributed by atoms with E-state index in [1.165, 1.54) is 0 Å². The average Bonchev–Trinajstić information content (AvgIpc) is 2.35. The molecule has 1 amide bonds. The minimum absolute atomic E-state index is 0.159. The number of anilines is 1. The van der Waals surface area contributed by atoms with Crippen LogP contribution in [0, 0.1) is 0 Å². The number of carbonyl (C=O) groups is 1. The first-order chi connectivity index (χ1) is 9.08. The molecule has 1 aromatic carbocycles. The van der Waals surface area contributed by atoms with Gasteiger partial charge in [-0.05, 0) is 12.1 Å². The van der Waals surface area contributed by atoms with Gasteiger partial charge in [0.1, 0.15) is 0 Å². The highest BCUT2D eigenvalue weighted by Gasteiger charge is 2.11. The first kappa shape index (κ1) is 15.8. The molecule has 0 aliphatic carbocycles. The Kier molecular flexibility index (Phi) is 6.64. The quantitative estimate of drug-likeness (QED) is 0.780. The van der Waals surface area contributed by atoms with E-state index in [1.807, 2.05) is 4.90 Å². The molecule has 0 aliphatic heterocycles. The lowest BCUT2D eigenvalue weighted by molar-refractivity contribution is -0.117. The van der Waals surface area contributed by atoms with E-state index in [2.05, 4.69) is 18.5 Å². The largest absolute Gasteiger partial charge is 0.324 e. The summed E-state index contributed by atoms with van der Waals surface area (Å²) in [6.07, 6.45) is 3.48. The van der Waals surface area contributed by atoms with Crippen molar-refractivity contribution in [3.63, 3.8) is 0 Å². The second-order valence-corrected chi connectivity index (χ2v) is 4.71. The molecule has 0 aliphatic rings. The predicted octanol–water partition coefficient (Wildman–Crippen LogP) is 3.61. The van der Waals surface area contributed by atoms with Crippen LogP contribution in [0.3, 0.4) is 0 Å². The van der Waals surface area contributed by atoms with Crippen molar-refractivity contribution in [2.24, 2.45) is 0 Å². The minimum atomic E-state index is -0.159. The van der Waals surface area contributed by atoms with Gasteiger partial charge in [0.05, 0.1) is 22.3 Å². The molecule has 0 heterocycles. The third-order valence-corrected chi connectivity index (χ3v) is 3.19. The van der Waals surface area contributed by atoms with E-state index in [0.29, 0.717) is 28.8 Å². The van der Waals surface area contributed by atoms with Crippen molar-refractivity contribution < 1.29 is 4.79 Å². The van der Waals surface area contributed by atoms with Gasteiger partial charge in [-0.15, -0.1) is 13.2 Å². The van der Waals surface area contributed by atoms with E-state index in [-0.39, 0.29) is 12.5 Å². The van der Waals surface area contributed by atoms with Crippen molar-refractivity contribution >= 4 is 34.8 Å². The summed E-state index contributed by atoms with van der Waals surface area (Å²) in [5, 5.41) is 3.49. The first-order valence-electron chi connectivity index (χ1n) is 5.76. The number of halogens is 2. The van der Waals surface area contributed by atoms with Crippen LogP contribution in [0.15, 0.2) is 43.5 Å². The predicted molar refractivity (Wildman–Crippen MR) is 81.9 cm³/mol. The van der Waals surface area contributed by atoms with Gasteiger partial charge in [0, 0.05) is 13.1 Å². The number of hydrogen-bond donors (Lipinski definition) is 1. The number of benzene rings is 1. The Morgan fingerprint density at radius 1 is 1.26 bits per heavy atom. The zero-order chi connectivity index (χ0) is 14.3. The number of hydrogen-bond acceptors (Lipinski definition) is 2. The highest BCUT2D eigenvalue weighted by molar-refractivity contribution is 6.43. The summed E-state index contributed by atoms with van der Waals surface area (Å²) in [6, 6.07) is 5.10. The van der Waals surface area contributed by atoms with Crippen LogP contribution in [0.4, 0.5) is 5.69 Å². The maximum atomic E-state index is 11.9. The van der Waals surface area contributed by atoms with Crippen LogP contribution in [-0.4, -0.2) is 30.4 Å². The summed E-state index contributed by atoms with van der Waals surface area (Å²) in [6.45, 7) is 8.77. The lowest BCUT2D eigenvalue weighted by Gasteiger charge is -2.18. The topological polar surface area (TPSA) is 32.3 Å². The second-order valence-electron chi connectivity index (χ2n) is 3.92. The van der Waals surface area contributed by atoms with Gasteiger partial charge < -0.3 is 5.32 Å². The summed E-state index contributed by atoms with van der Waals surface area (Å²) in [5.41, 5.74) is 0.510. The number of amides is 1. The van der Waals surface area contributed by atoms with E-state index >= 15 is 0 Å². The van der Waals surface area contributed by atoms with Gasteiger partial charge in [0.15, 0.2) is 0 Å². The fourth-order valence-corrected chi connectivity index (χ4v) is 1.91. The molecule has 1 aromatic rings. The number of rotatable bonds is 7. The van der Waals surface area contributed by atoms with Gasteiger partial charge in [-0.25, -0.2) is 0 Å². The molecule has 5 heteroatoms. The van der Waals surface area contributed by atoms with Crippen molar-refractivity contribution in [2.75, 3.05) is 25.0 Å². The smallest absolute Gasteiger partial charge is 0.238 e. The van der Waals surface area contributed by atoms with E-state index in [1.54, 1.807) is 30.4 Å². The Hall–Kier alpha value is -1.29. The highest BCUT2D eigenvalue weighted by Crippen LogP contribution is 2.29. The molecule has 0 saturated heterocycles. The summed E-state index contributed by atoms with van der Waals surface area (Å²) in [4.78, 5) is 13.8. The van der Waals surface area contributed by atoms with Crippen LogP contribution < -0.4 is 5.32 Å². The monoisotopic (exact) mass is 298 g/mol. The molecule has 3 nitrogen and oxygen atoms in total. The molecule has 0 unspecified atom stereocenters. The molecular weight excluding hydrogens is 283 g/mol. The normalized spacial score (nSPS) is 10.3. The molecule has 0 bridgehead atoms. The molecule has 0 radical (unpaired) electrons. The van der Waals surface area contributed by atoms with Gasteiger partial charge in [0.25, 0.3) is 0 Å². The molecule has 0 spiro atoms. The summed E-state index contributed by atoms with van der Waals surface area (Å²) >= 11 is 11.9. The summed E-state index contributed by atoms with van der Waals surface area (Å²) in [5.74, 6) is -0.159. The fraction of sp³-hybridized carbons (Fsp3) is 0.214. The minimum Gasteiger partial charge on any atom is -0.324 e. The lowest BCUT2D eigenvalue weighted by atomic mass is 10.3. The number of nitrogens with zero attached hydrogens (tertiary/aromatic N) is 1. The molecule has 1 rings (SSSR count). The van der Waals surface area contributed by atoms with Gasteiger partial charge in [-0.2, -0.15) is 0 Å². The van der Waals surface area contributed by atoms with Crippen LogP contribution in [0.5, 0.6) is 0 Å². The van der Waals surface area contributed by atoms with Crippen LogP contribution in [0.2, 0.25) is 10.0 Å². The van der Waals surface area contributed by atoms with E-state index in [9.17, 15) is 4.79 Å². The molecule has 1 N–H and O–H groups in total. The van der Waals surface area contributed by atoms with Crippen LogP contribution >= 0.6 is 23.2 Å². The SMILES string of the molecule is C=CCN(CC=C)CC(=O)Nc1cccc(Cl)c1Cl. The summed E-state index contributed by atoms with van der Waals surface area (Å²) < 4.78 is 0. The van der Waals surface area contributed by atoms with E-state index in [0.717, 1.165) is 0 Å². The van der Waals surface area contributed by atoms with Crippen molar-refractivity contribution in [3.05, 3.63) is 53.6 Å². The van der Waals surface area contributed by atoms with E-state index < -0.39 is 0 Å². The molecular formula is C14H16Cl2N2O. The van der Waals surface area contributed by atoms with E-state index in [4.69, 9.17) is 23.2 Å². The Bertz CT molecular complexity index is 465. The van der Waals surface area contributed by atoms with Crippen molar-refractivity contribution in [1.82, 2.24) is 4.90 Å². The van der Waals surface area contributed by atoms with Crippen molar-refractivity contribution in [3.8, 4) is 0 Å². The van der Waals surface area contributed by atoms with Gasteiger partial charge in [0.2, 0.25) is 5.91 Å². The van der Waals surface area contributed by atoms with Crippen LogP contribution in [-0.2, 0) is 4.79 Å². The Labute approximate surface area is 123 Å². The fourth-order valence-electron chi connectivity index (χ4n) is 1.56. The molecule has 0 saturated carbocycles. The molecule has 0 aromatic heterocycles. The zero-order valence-electron chi connectivity index (χ0n) is 10.5. The lowest BCUT2D eigenvalue weighted by Crippen LogP contribution is -2.33. The van der Waals surface area contributed by atoms with Gasteiger partial charge >= 0.3 is 0 Å². The van der Waals surface area contributed by atoms with Gasteiger partial charge in [-0.1, -0.05) is 41.4 Å². The molecule has 0 fully saturated rings. The number of carbonyl (C=O) groups excluding carboxylic acids is 1. The third kappa shape index (κ3) is 5.07. The number of nitrogens with one attached hydrogen (secondary N) is 1. The van der Waals surface area contributed by atoms with Gasteiger partial charge in [-0.3, -0.25) is 9.69 Å². The Morgan fingerprint density at radius 2 is 1.89 bits per heavy atom. The molecule has 102 valence electrons. The standard InChI is InChI=1S/C14H16Cl2N2O/c1-3-8-18(9-4-2)10-13(19)17-12-7-5-6-11(15)14(12)16/h3-7H,1-2,8-10H2,(H,17,19). The van der Waals surface area contributed by atoms with Crippen molar-refractivity contribution in [2.45, 2.75) is 0 Å². The van der Waals surface area contributed by atoms with Crippen LogP contribution in [0.25, 0.3) is 0 Å².